The van der Waals surface area contributed by atoms with Crippen LogP contribution in [0.25, 0.3) is 11.5 Å². The summed E-state index contributed by atoms with van der Waals surface area (Å²) in [6, 6.07) is 2.05. The van der Waals surface area contributed by atoms with Gasteiger partial charge in [0.25, 0.3) is 0 Å². The van der Waals surface area contributed by atoms with Crippen molar-refractivity contribution in [1.29, 1.82) is 0 Å². The van der Waals surface area contributed by atoms with E-state index in [1.807, 2.05) is 0 Å². The van der Waals surface area contributed by atoms with Gasteiger partial charge in [0, 0.05) is 18.7 Å². The maximum atomic E-state index is 13.0. The number of nitrogens with one attached hydrogen (secondary N) is 1. The lowest BCUT2D eigenvalue weighted by molar-refractivity contribution is 0.490. The average molecular weight is 262 g/mol. The molecule has 0 radical (unpaired) electrons. The molecule has 0 atom stereocenters. The van der Waals surface area contributed by atoms with Gasteiger partial charge < -0.3 is 9.73 Å². The molecule has 1 saturated carbocycles. The maximum absolute atomic E-state index is 13.0. The minimum Gasteiger partial charge on any atom is -0.421 e. The first-order valence-corrected chi connectivity index (χ1v) is 6.48. The summed E-state index contributed by atoms with van der Waals surface area (Å²) in [6.45, 7) is 0.962. The number of aryl methyl sites for hydroxylation is 1. The third-order valence-electron chi connectivity index (χ3n) is 3.00. The molecule has 1 aliphatic rings. The number of nitrogens with zero attached hydrogens (tertiary/aromatic N) is 3. The Balaban J connectivity index is 1.56. The van der Waals surface area contributed by atoms with Gasteiger partial charge in [0.1, 0.15) is 5.82 Å². The Morgan fingerprint density at radius 1 is 1.32 bits per heavy atom. The second-order valence-electron chi connectivity index (χ2n) is 4.72. The summed E-state index contributed by atoms with van der Waals surface area (Å²) >= 11 is 0. The maximum Gasteiger partial charge on any atom is 0.249 e. The number of halogens is 1. The van der Waals surface area contributed by atoms with Gasteiger partial charge in [-0.25, -0.2) is 4.39 Å². The Hall–Kier alpha value is -1.82. The highest BCUT2D eigenvalue weighted by molar-refractivity contribution is 5.50. The normalized spacial score (nSPS) is 14.8. The van der Waals surface area contributed by atoms with Crippen LogP contribution in [0.4, 0.5) is 4.39 Å². The van der Waals surface area contributed by atoms with Crippen molar-refractivity contribution in [3.63, 3.8) is 0 Å². The lowest BCUT2D eigenvalue weighted by Gasteiger charge is -1.99. The highest BCUT2D eigenvalue weighted by Crippen LogP contribution is 2.19. The lowest BCUT2D eigenvalue weighted by Crippen LogP contribution is -2.17. The van der Waals surface area contributed by atoms with Crippen LogP contribution in [0.2, 0.25) is 0 Å². The number of pyridine rings is 1. The first kappa shape index (κ1) is 12.2. The zero-order valence-electron chi connectivity index (χ0n) is 10.5. The van der Waals surface area contributed by atoms with Crippen LogP contribution in [0.3, 0.4) is 0 Å². The van der Waals surface area contributed by atoms with E-state index in [-0.39, 0.29) is 0 Å². The van der Waals surface area contributed by atoms with Crippen molar-refractivity contribution in [2.75, 3.05) is 6.54 Å². The zero-order chi connectivity index (χ0) is 13.1. The van der Waals surface area contributed by atoms with E-state index >= 15 is 0 Å². The largest absolute Gasteiger partial charge is 0.421 e. The third-order valence-corrected chi connectivity index (χ3v) is 3.00. The van der Waals surface area contributed by atoms with Gasteiger partial charge in [-0.1, -0.05) is 0 Å². The molecule has 0 saturated heterocycles. The van der Waals surface area contributed by atoms with Gasteiger partial charge in [0.05, 0.1) is 11.8 Å². The summed E-state index contributed by atoms with van der Waals surface area (Å²) < 4.78 is 18.5. The number of aromatic nitrogens is 3. The Morgan fingerprint density at radius 3 is 3.00 bits per heavy atom. The molecule has 0 spiro atoms. The zero-order valence-corrected chi connectivity index (χ0v) is 10.5. The van der Waals surface area contributed by atoms with Crippen molar-refractivity contribution in [3.8, 4) is 11.5 Å². The van der Waals surface area contributed by atoms with Gasteiger partial charge in [-0.2, -0.15) is 0 Å². The Morgan fingerprint density at radius 2 is 2.21 bits per heavy atom. The molecule has 5 nitrogen and oxygen atoms in total. The molecule has 0 aliphatic heterocycles. The van der Waals surface area contributed by atoms with Crippen molar-refractivity contribution < 1.29 is 8.81 Å². The Kier molecular flexibility index (Phi) is 3.50. The second-order valence-corrected chi connectivity index (χ2v) is 4.72. The Bertz CT molecular complexity index is 553. The molecule has 1 fully saturated rings. The number of hydrogen-bond donors (Lipinski definition) is 1. The van der Waals surface area contributed by atoms with Crippen LogP contribution in [-0.4, -0.2) is 27.8 Å². The van der Waals surface area contributed by atoms with E-state index in [1.54, 1.807) is 0 Å². The molecule has 3 rings (SSSR count). The van der Waals surface area contributed by atoms with Crippen molar-refractivity contribution in [2.24, 2.45) is 0 Å². The summed E-state index contributed by atoms with van der Waals surface area (Å²) in [5, 5.41) is 11.3. The highest BCUT2D eigenvalue weighted by Gasteiger charge is 2.19. The Labute approximate surface area is 110 Å². The summed E-state index contributed by atoms with van der Waals surface area (Å²) in [4.78, 5) is 3.76. The topological polar surface area (TPSA) is 63.8 Å². The molecule has 100 valence electrons. The predicted octanol–water partition coefficient (Wildman–Crippen LogP) is 1.96. The average Bonchev–Trinajstić information content (AvgIpc) is 3.11. The molecular weight excluding hydrogens is 247 g/mol. The van der Waals surface area contributed by atoms with Crippen LogP contribution in [0, 0.1) is 5.82 Å². The van der Waals surface area contributed by atoms with Crippen molar-refractivity contribution in [3.05, 3.63) is 30.2 Å². The van der Waals surface area contributed by atoms with E-state index in [0.29, 0.717) is 17.3 Å². The van der Waals surface area contributed by atoms with E-state index < -0.39 is 5.82 Å². The minimum atomic E-state index is -0.411. The van der Waals surface area contributed by atoms with Gasteiger partial charge in [0.15, 0.2) is 0 Å². The molecule has 1 N–H and O–H groups in total. The summed E-state index contributed by atoms with van der Waals surface area (Å²) in [7, 11) is 0. The molecule has 2 aromatic heterocycles. The van der Waals surface area contributed by atoms with Gasteiger partial charge in [-0.05, 0) is 31.9 Å². The van der Waals surface area contributed by atoms with Gasteiger partial charge in [-0.3, -0.25) is 4.98 Å². The molecule has 2 heterocycles. The fraction of sp³-hybridized carbons (Fsp3) is 0.462. The molecule has 0 unspecified atom stereocenters. The molecule has 0 amide bonds. The fourth-order valence-corrected chi connectivity index (χ4v) is 1.83. The van der Waals surface area contributed by atoms with Gasteiger partial charge >= 0.3 is 0 Å². The first-order chi connectivity index (χ1) is 9.31. The van der Waals surface area contributed by atoms with E-state index in [4.69, 9.17) is 4.42 Å². The van der Waals surface area contributed by atoms with E-state index in [0.717, 1.165) is 31.6 Å². The third kappa shape index (κ3) is 3.35. The van der Waals surface area contributed by atoms with Crippen molar-refractivity contribution >= 4 is 0 Å². The van der Waals surface area contributed by atoms with Crippen LogP contribution in [-0.2, 0) is 6.42 Å². The molecular formula is C13H15FN4O. The van der Waals surface area contributed by atoms with Crippen LogP contribution < -0.4 is 5.32 Å². The predicted molar refractivity (Wildman–Crippen MR) is 66.8 cm³/mol. The molecule has 2 aromatic rings. The minimum absolute atomic E-state index is 0.317. The van der Waals surface area contributed by atoms with Crippen LogP contribution in [0.5, 0.6) is 0 Å². The number of rotatable bonds is 6. The lowest BCUT2D eigenvalue weighted by atomic mass is 10.3. The monoisotopic (exact) mass is 262 g/mol. The van der Waals surface area contributed by atoms with E-state index in [2.05, 4.69) is 20.5 Å². The van der Waals surface area contributed by atoms with Gasteiger partial charge in [0.2, 0.25) is 11.8 Å². The standard InChI is InChI=1S/C13H15FN4O/c14-10-6-9(7-15-8-10)13-18-17-12(19-13)2-1-5-16-11-3-4-11/h6-8,11,16H,1-5H2. The summed E-state index contributed by atoms with van der Waals surface area (Å²) in [5.41, 5.74) is 0.509. The molecule has 1 aliphatic carbocycles. The van der Waals surface area contributed by atoms with Crippen LogP contribution >= 0.6 is 0 Å². The highest BCUT2D eigenvalue weighted by atomic mass is 19.1. The molecule has 6 heteroatoms. The second kappa shape index (κ2) is 5.44. The number of hydrogen-bond acceptors (Lipinski definition) is 5. The molecule has 0 aromatic carbocycles. The molecule has 0 bridgehead atoms. The van der Waals surface area contributed by atoms with E-state index in [1.165, 1.54) is 25.1 Å². The van der Waals surface area contributed by atoms with Gasteiger partial charge in [-0.15, -0.1) is 10.2 Å². The molecule has 19 heavy (non-hydrogen) atoms. The van der Waals surface area contributed by atoms with Crippen molar-refractivity contribution in [2.45, 2.75) is 31.7 Å². The van der Waals surface area contributed by atoms with Crippen molar-refractivity contribution in [1.82, 2.24) is 20.5 Å². The van der Waals surface area contributed by atoms with E-state index in [9.17, 15) is 4.39 Å². The SMILES string of the molecule is Fc1cncc(-c2nnc(CCCNC3CC3)o2)c1. The summed E-state index contributed by atoms with van der Waals surface area (Å²) in [6.07, 6.45) is 6.92. The quantitative estimate of drug-likeness (QED) is 0.806. The van der Waals surface area contributed by atoms with Crippen LogP contribution in [0.1, 0.15) is 25.2 Å². The van der Waals surface area contributed by atoms with Crippen LogP contribution in [0.15, 0.2) is 22.9 Å². The summed E-state index contributed by atoms with van der Waals surface area (Å²) in [5.74, 6) is 0.486. The first-order valence-electron chi connectivity index (χ1n) is 6.48. The smallest absolute Gasteiger partial charge is 0.249 e. The fourth-order valence-electron chi connectivity index (χ4n) is 1.83.